The molecule has 2 saturated carbocycles. The summed E-state index contributed by atoms with van der Waals surface area (Å²) in [5.41, 5.74) is 0.344. The van der Waals surface area contributed by atoms with Gasteiger partial charge in [0.05, 0.1) is 0 Å². The van der Waals surface area contributed by atoms with Crippen molar-refractivity contribution in [2.24, 2.45) is 11.3 Å². The predicted octanol–water partition coefficient (Wildman–Crippen LogP) is 2.08. The van der Waals surface area contributed by atoms with Crippen LogP contribution in [0.4, 0.5) is 0 Å². The van der Waals surface area contributed by atoms with Crippen LogP contribution in [0.25, 0.3) is 0 Å². The minimum absolute atomic E-state index is 0.0826. The Morgan fingerprint density at radius 1 is 1.15 bits per heavy atom. The molecule has 112 valence electrons. The quantitative estimate of drug-likeness (QED) is 0.859. The van der Waals surface area contributed by atoms with Crippen LogP contribution in [0.1, 0.15) is 58.8 Å². The fourth-order valence-electron chi connectivity index (χ4n) is 3.72. The Bertz CT molecular complexity index is 415. The van der Waals surface area contributed by atoms with Gasteiger partial charge in [0, 0.05) is 18.5 Å². The van der Waals surface area contributed by atoms with E-state index in [9.17, 15) is 9.59 Å². The SMILES string of the molecule is CC1(C)CCC(NC(=O)C2CCCN2C(=O)C2CC2)C1. The molecule has 1 heterocycles. The highest BCUT2D eigenvalue weighted by molar-refractivity contribution is 5.90. The summed E-state index contributed by atoms with van der Waals surface area (Å²) in [4.78, 5) is 26.5. The lowest BCUT2D eigenvalue weighted by molar-refractivity contribution is -0.139. The van der Waals surface area contributed by atoms with Crippen molar-refractivity contribution in [3.05, 3.63) is 0 Å². The van der Waals surface area contributed by atoms with Crippen LogP contribution in [0.3, 0.4) is 0 Å². The molecule has 4 nitrogen and oxygen atoms in total. The smallest absolute Gasteiger partial charge is 0.243 e. The molecule has 4 heteroatoms. The number of rotatable bonds is 3. The van der Waals surface area contributed by atoms with E-state index >= 15 is 0 Å². The summed E-state index contributed by atoms with van der Waals surface area (Å²) >= 11 is 0. The fourth-order valence-corrected chi connectivity index (χ4v) is 3.72. The molecule has 0 spiro atoms. The monoisotopic (exact) mass is 278 g/mol. The van der Waals surface area contributed by atoms with Crippen LogP contribution >= 0.6 is 0 Å². The molecular formula is C16H26N2O2. The molecule has 3 rings (SSSR count). The molecule has 20 heavy (non-hydrogen) atoms. The zero-order chi connectivity index (χ0) is 14.3. The first-order valence-corrected chi connectivity index (χ1v) is 8.07. The minimum Gasteiger partial charge on any atom is -0.352 e. The maximum absolute atomic E-state index is 12.5. The summed E-state index contributed by atoms with van der Waals surface area (Å²) in [6.45, 7) is 5.29. The van der Waals surface area contributed by atoms with Crippen molar-refractivity contribution in [1.82, 2.24) is 10.2 Å². The van der Waals surface area contributed by atoms with E-state index in [2.05, 4.69) is 19.2 Å². The van der Waals surface area contributed by atoms with Crippen molar-refractivity contribution < 1.29 is 9.59 Å². The highest BCUT2D eigenvalue weighted by Crippen LogP contribution is 2.37. The molecule has 0 aromatic rings. The summed E-state index contributed by atoms with van der Waals surface area (Å²) in [5, 5.41) is 3.19. The molecule has 0 aromatic heterocycles. The average Bonchev–Trinajstić information content (AvgIpc) is 3.01. The Morgan fingerprint density at radius 3 is 2.50 bits per heavy atom. The highest BCUT2D eigenvalue weighted by Gasteiger charge is 2.41. The van der Waals surface area contributed by atoms with Crippen LogP contribution in [0.5, 0.6) is 0 Å². The van der Waals surface area contributed by atoms with Gasteiger partial charge < -0.3 is 10.2 Å². The zero-order valence-electron chi connectivity index (χ0n) is 12.7. The first kappa shape index (κ1) is 13.9. The number of carbonyl (C=O) groups excluding carboxylic acids is 2. The summed E-state index contributed by atoms with van der Waals surface area (Å²) < 4.78 is 0. The van der Waals surface area contributed by atoms with Gasteiger partial charge >= 0.3 is 0 Å². The van der Waals surface area contributed by atoms with Crippen LogP contribution in [0.2, 0.25) is 0 Å². The fraction of sp³-hybridized carbons (Fsp3) is 0.875. The van der Waals surface area contributed by atoms with Gasteiger partial charge in [-0.25, -0.2) is 0 Å². The standard InChI is InChI=1S/C16H26N2O2/c1-16(2)8-7-12(10-16)17-14(19)13-4-3-9-18(13)15(20)11-5-6-11/h11-13H,3-10H2,1-2H3,(H,17,19). The molecular weight excluding hydrogens is 252 g/mol. The van der Waals surface area contributed by atoms with Crippen LogP contribution in [-0.4, -0.2) is 35.3 Å². The van der Waals surface area contributed by atoms with Gasteiger partial charge in [-0.2, -0.15) is 0 Å². The van der Waals surface area contributed by atoms with Crippen LogP contribution in [0.15, 0.2) is 0 Å². The van der Waals surface area contributed by atoms with Gasteiger partial charge in [-0.3, -0.25) is 9.59 Å². The third kappa shape index (κ3) is 2.84. The number of hydrogen-bond donors (Lipinski definition) is 1. The summed E-state index contributed by atoms with van der Waals surface area (Å²) in [5.74, 6) is 0.516. The van der Waals surface area contributed by atoms with Gasteiger partial charge in [0.25, 0.3) is 0 Å². The number of hydrogen-bond acceptors (Lipinski definition) is 2. The van der Waals surface area contributed by atoms with Gasteiger partial charge in [0.1, 0.15) is 6.04 Å². The molecule has 2 atom stereocenters. The van der Waals surface area contributed by atoms with E-state index in [1.807, 2.05) is 4.90 Å². The molecule has 0 radical (unpaired) electrons. The lowest BCUT2D eigenvalue weighted by Gasteiger charge is -2.26. The minimum atomic E-state index is -0.202. The third-order valence-corrected chi connectivity index (χ3v) is 5.08. The number of carbonyl (C=O) groups is 2. The summed E-state index contributed by atoms with van der Waals surface area (Å²) in [7, 11) is 0. The van der Waals surface area contributed by atoms with Crippen molar-refractivity contribution in [2.45, 2.75) is 70.9 Å². The molecule has 3 aliphatic rings. The molecule has 2 amide bonds. The molecule has 1 aliphatic heterocycles. The van der Waals surface area contributed by atoms with Crippen molar-refractivity contribution >= 4 is 11.8 Å². The van der Waals surface area contributed by atoms with Gasteiger partial charge in [0.15, 0.2) is 0 Å². The maximum atomic E-state index is 12.5. The number of amides is 2. The molecule has 0 bridgehead atoms. The van der Waals surface area contributed by atoms with Crippen molar-refractivity contribution in [2.75, 3.05) is 6.54 Å². The van der Waals surface area contributed by atoms with E-state index in [-0.39, 0.29) is 23.8 Å². The average molecular weight is 278 g/mol. The Balaban J connectivity index is 1.57. The highest BCUT2D eigenvalue weighted by atomic mass is 16.2. The van der Waals surface area contributed by atoms with Crippen LogP contribution < -0.4 is 5.32 Å². The van der Waals surface area contributed by atoms with E-state index < -0.39 is 0 Å². The van der Waals surface area contributed by atoms with Crippen molar-refractivity contribution in [1.29, 1.82) is 0 Å². The lowest BCUT2D eigenvalue weighted by atomic mass is 9.92. The molecule has 3 fully saturated rings. The van der Waals surface area contributed by atoms with Gasteiger partial charge in [-0.05, 0) is 50.4 Å². The normalized spacial score (nSPS) is 32.4. The van der Waals surface area contributed by atoms with Gasteiger partial charge in [-0.15, -0.1) is 0 Å². The Labute approximate surface area is 121 Å². The summed E-state index contributed by atoms with van der Waals surface area (Å²) in [6.07, 6.45) is 7.13. The van der Waals surface area contributed by atoms with Crippen molar-refractivity contribution in [3.8, 4) is 0 Å². The van der Waals surface area contributed by atoms with Gasteiger partial charge in [-0.1, -0.05) is 13.8 Å². The third-order valence-electron chi connectivity index (χ3n) is 5.08. The Morgan fingerprint density at radius 2 is 1.90 bits per heavy atom. The first-order chi connectivity index (χ1) is 9.46. The first-order valence-electron chi connectivity index (χ1n) is 8.07. The van der Waals surface area contributed by atoms with E-state index in [0.717, 1.165) is 45.1 Å². The summed E-state index contributed by atoms with van der Waals surface area (Å²) in [6, 6.07) is 0.0998. The predicted molar refractivity (Wildman–Crippen MR) is 77.0 cm³/mol. The number of likely N-dealkylation sites (tertiary alicyclic amines) is 1. The maximum Gasteiger partial charge on any atom is 0.243 e. The Kier molecular flexibility index (Phi) is 3.51. The lowest BCUT2D eigenvalue weighted by Crippen LogP contribution is -2.48. The molecule has 0 aromatic carbocycles. The molecule has 1 N–H and O–H groups in total. The van der Waals surface area contributed by atoms with Gasteiger partial charge in [0.2, 0.25) is 11.8 Å². The van der Waals surface area contributed by atoms with Crippen LogP contribution in [0, 0.1) is 11.3 Å². The molecule has 1 saturated heterocycles. The van der Waals surface area contributed by atoms with E-state index in [1.165, 1.54) is 6.42 Å². The van der Waals surface area contributed by atoms with E-state index in [0.29, 0.717) is 11.5 Å². The van der Waals surface area contributed by atoms with Crippen LogP contribution in [-0.2, 0) is 9.59 Å². The second-order valence-corrected chi connectivity index (χ2v) is 7.58. The second-order valence-electron chi connectivity index (χ2n) is 7.58. The Hall–Kier alpha value is -1.06. The van der Waals surface area contributed by atoms with Crippen molar-refractivity contribution in [3.63, 3.8) is 0 Å². The molecule has 2 aliphatic carbocycles. The van der Waals surface area contributed by atoms with E-state index in [1.54, 1.807) is 0 Å². The number of nitrogens with zero attached hydrogens (tertiary/aromatic N) is 1. The van der Waals surface area contributed by atoms with E-state index in [4.69, 9.17) is 0 Å². The second kappa shape index (κ2) is 5.05. The number of nitrogens with one attached hydrogen (secondary N) is 1. The largest absolute Gasteiger partial charge is 0.352 e. The topological polar surface area (TPSA) is 49.4 Å². The zero-order valence-corrected chi connectivity index (χ0v) is 12.7. The molecule has 2 unspecified atom stereocenters.